The number of rotatable bonds is 5. The molecule has 3 atom stereocenters. The van der Waals surface area contributed by atoms with Gasteiger partial charge in [-0.05, 0) is 38.1 Å². The Kier molecular flexibility index (Phi) is 5.50. The predicted molar refractivity (Wildman–Crippen MR) is 76.6 cm³/mol. The first-order chi connectivity index (χ1) is 8.65. The largest absolute Gasteiger partial charge is 0.392 e. The number of hydrogen-bond donors (Lipinski definition) is 1. The maximum Gasteiger partial charge on any atom is 0.0669 e. The Morgan fingerprint density at radius 2 is 1.83 bits per heavy atom. The van der Waals surface area contributed by atoms with Gasteiger partial charge in [-0.15, -0.1) is 0 Å². The molecule has 1 N–H and O–H groups in total. The van der Waals surface area contributed by atoms with Gasteiger partial charge < -0.3 is 10.0 Å². The summed E-state index contributed by atoms with van der Waals surface area (Å²) in [5, 5.41) is 10.2. The molecule has 0 heterocycles. The van der Waals surface area contributed by atoms with Crippen molar-refractivity contribution in [2.24, 2.45) is 11.8 Å². The lowest BCUT2D eigenvalue weighted by Crippen LogP contribution is -2.40. The van der Waals surface area contributed by atoms with E-state index in [9.17, 15) is 5.11 Å². The molecule has 2 fully saturated rings. The summed E-state index contributed by atoms with van der Waals surface area (Å²) >= 11 is 0. The average Bonchev–Trinajstić information content (AvgIpc) is 2.81. The predicted octanol–water partition coefficient (Wildman–Crippen LogP) is 3.44. The highest BCUT2D eigenvalue weighted by Gasteiger charge is 2.25. The summed E-state index contributed by atoms with van der Waals surface area (Å²) in [6.45, 7) is 3.25. The molecular formula is C16H31NO. The van der Waals surface area contributed by atoms with Crippen molar-refractivity contribution in [3.63, 3.8) is 0 Å². The van der Waals surface area contributed by atoms with E-state index in [2.05, 4.69) is 18.9 Å². The van der Waals surface area contributed by atoms with Gasteiger partial charge >= 0.3 is 0 Å². The van der Waals surface area contributed by atoms with E-state index in [1.807, 2.05) is 0 Å². The number of hydrogen-bond acceptors (Lipinski definition) is 2. The number of aliphatic hydroxyl groups is 1. The van der Waals surface area contributed by atoms with E-state index in [-0.39, 0.29) is 6.10 Å². The minimum atomic E-state index is -0.102. The van der Waals surface area contributed by atoms with Crippen molar-refractivity contribution >= 4 is 0 Å². The Hall–Kier alpha value is -0.0800. The maximum absolute atomic E-state index is 10.2. The SMILES string of the molecule is CC1CCCC(N(C)CC(O)CC2CCCC2)C1. The third kappa shape index (κ3) is 4.24. The molecule has 0 aromatic rings. The van der Waals surface area contributed by atoms with Crippen LogP contribution in [0.15, 0.2) is 0 Å². The summed E-state index contributed by atoms with van der Waals surface area (Å²) in [6.07, 6.45) is 11.8. The van der Waals surface area contributed by atoms with E-state index in [0.717, 1.165) is 24.8 Å². The van der Waals surface area contributed by atoms with Crippen molar-refractivity contribution in [1.82, 2.24) is 4.90 Å². The topological polar surface area (TPSA) is 23.5 Å². The van der Waals surface area contributed by atoms with Gasteiger partial charge in [-0.3, -0.25) is 0 Å². The van der Waals surface area contributed by atoms with E-state index in [1.165, 1.54) is 51.4 Å². The molecule has 2 aliphatic rings. The summed E-state index contributed by atoms with van der Waals surface area (Å²) in [4.78, 5) is 2.43. The van der Waals surface area contributed by atoms with Gasteiger partial charge in [0, 0.05) is 12.6 Å². The summed E-state index contributed by atoms with van der Waals surface area (Å²) in [7, 11) is 2.21. The van der Waals surface area contributed by atoms with E-state index < -0.39 is 0 Å². The lowest BCUT2D eigenvalue weighted by atomic mass is 9.86. The van der Waals surface area contributed by atoms with Crippen molar-refractivity contribution in [1.29, 1.82) is 0 Å². The second-order valence-corrected chi connectivity index (χ2v) is 6.91. The highest BCUT2D eigenvalue weighted by atomic mass is 16.3. The van der Waals surface area contributed by atoms with Crippen LogP contribution in [-0.4, -0.2) is 35.7 Å². The molecule has 18 heavy (non-hydrogen) atoms. The van der Waals surface area contributed by atoms with Crippen LogP contribution in [0, 0.1) is 11.8 Å². The molecule has 2 heteroatoms. The zero-order chi connectivity index (χ0) is 13.0. The van der Waals surface area contributed by atoms with Gasteiger partial charge in [-0.1, -0.05) is 45.4 Å². The van der Waals surface area contributed by atoms with Crippen molar-refractivity contribution in [3.8, 4) is 0 Å². The van der Waals surface area contributed by atoms with Gasteiger partial charge in [-0.2, -0.15) is 0 Å². The van der Waals surface area contributed by atoms with E-state index in [1.54, 1.807) is 0 Å². The molecule has 2 aliphatic carbocycles. The van der Waals surface area contributed by atoms with Crippen molar-refractivity contribution < 1.29 is 5.11 Å². The molecule has 0 bridgehead atoms. The zero-order valence-electron chi connectivity index (χ0n) is 12.3. The smallest absolute Gasteiger partial charge is 0.0669 e. The molecule has 2 nitrogen and oxygen atoms in total. The number of aliphatic hydroxyl groups excluding tert-OH is 1. The summed E-state index contributed by atoms with van der Waals surface area (Å²) in [5.41, 5.74) is 0. The highest BCUT2D eigenvalue weighted by Crippen LogP contribution is 2.30. The maximum atomic E-state index is 10.2. The number of likely N-dealkylation sites (N-methyl/N-ethyl adjacent to an activating group) is 1. The van der Waals surface area contributed by atoms with Gasteiger partial charge in [0.25, 0.3) is 0 Å². The first-order valence-corrected chi connectivity index (χ1v) is 8.03. The molecule has 0 aliphatic heterocycles. The third-order valence-electron chi connectivity index (χ3n) is 5.11. The third-order valence-corrected chi connectivity index (χ3v) is 5.11. The van der Waals surface area contributed by atoms with Crippen LogP contribution in [0.2, 0.25) is 0 Å². The van der Waals surface area contributed by atoms with Crippen LogP contribution in [0.4, 0.5) is 0 Å². The summed E-state index contributed by atoms with van der Waals surface area (Å²) in [6, 6.07) is 0.715. The standard InChI is InChI=1S/C16H31NO/c1-13-6-5-9-15(10-13)17(2)12-16(18)11-14-7-3-4-8-14/h13-16,18H,3-12H2,1-2H3. The Labute approximate surface area is 113 Å². The second kappa shape index (κ2) is 6.91. The molecule has 0 amide bonds. The minimum absolute atomic E-state index is 0.102. The van der Waals surface area contributed by atoms with Crippen LogP contribution in [0.1, 0.15) is 64.7 Å². The Morgan fingerprint density at radius 3 is 2.50 bits per heavy atom. The van der Waals surface area contributed by atoms with Gasteiger partial charge in [0.1, 0.15) is 0 Å². The van der Waals surface area contributed by atoms with Gasteiger partial charge in [-0.25, -0.2) is 0 Å². The molecule has 0 aromatic carbocycles. The molecule has 106 valence electrons. The first-order valence-electron chi connectivity index (χ1n) is 8.03. The lowest BCUT2D eigenvalue weighted by Gasteiger charge is -2.35. The molecule has 0 spiro atoms. The monoisotopic (exact) mass is 253 g/mol. The molecule has 3 unspecified atom stereocenters. The van der Waals surface area contributed by atoms with E-state index in [4.69, 9.17) is 0 Å². The second-order valence-electron chi connectivity index (χ2n) is 6.91. The van der Waals surface area contributed by atoms with Crippen molar-refractivity contribution in [2.75, 3.05) is 13.6 Å². The van der Waals surface area contributed by atoms with Crippen molar-refractivity contribution in [3.05, 3.63) is 0 Å². The fraction of sp³-hybridized carbons (Fsp3) is 1.00. The van der Waals surface area contributed by atoms with Gasteiger partial charge in [0.05, 0.1) is 6.10 Å². The zero-order valence-corrected chi connectivity index (χ0v) is 12.3. The van der Waals surface area contributed by atoms with Crippen LogP contribution in [0.5, 0.6) is 0 Å². The van der Waals surface area contributed by atoms with Crippen LogP contribution in [0.3, 0.4) is 0 Å². The van der Waals surface area contributed by atoms with E-state index in [0.29, 0.717) is 6.04 Å². The molecule has 0 radical (unpaired) electrons. The quantitative estimate of drug-likeness (QED) is 0.811. The minimum Gasteiger partial charge on any atom is -0.392 e. The number of nitrogens with zero attached hydrogens (tertiary/aromatic N) is 1. The molecule has 0 aromatic heterocycles. The summed E-state index contributed by atoms with van der Waals surface area (Å²) in [5.74, 6) is 1.68. The lowest BCUT2D eigenvalue weighted by molar-refractivity contribution is 0.0683. The van der Waals surface area contributed by atoms with Gasteiger partial charge in [0.15, 0.2) is 0 Å². The highest BCUT2D eigenvalue weighted by molar-refractivity contribution is 4.79. The average molecular weight is 253 g/mol. The molecule has 2 saturated carbocycles. The fourth-order valence-corrected chi connectivity index (χ4v) is 3.99. The molecular weight excluding hydrogens is 222 g/mol. The normalized spacial score (nSPS) is 32.0. The van der Waals surface area contributed by atoms with Crippen molar-refractivity contribution in [2.45, 2.75) is 76.9 Å². The van der Waals surface area contributed by atoms with E-state index >= 15 is 0 Å². The van der Waals surface area contributed by atoms with Crippen LogP contribution < -0.4 is 0 Å². The fourth-order valence-electron chi connectivity index (χ4n) is 3.99. The molecule has 0 saturated heterocycles. The molecule has 2 rings (SSSR count). The Bertz CT molecular complexity index is 237. The summed E-state index contributed by atoms with van der Waals surface area (Å²) < 4.78 is 0. The first kappa shape index (κ1) is 14.3. The Morgan fingerprint density at radius 1 is 1.11 bits per heavy atom. The van der Waals surface area contributed by atoms with Crippen LogP contribution in [0.25, 0.3) is 0 Å². The van der Waals surface area contributed by atoms with Crippen LogP contribution >= 0.6 is 0 Å². The van der Waals surface area contributed by atoms with Crippen LogP contribution in [-0.2, 0) is 0 Å². The Balaban J connectivity index is 1.70. The van der Waals surface area contributed by atoms with Gasteiger partial charge in [0.2, 0.25) is 0 Å².